The molecule has 0 saturated carbocycles. The summed E-state index contributed by atoms with van der Waals surface area (Å²) in [6, 6.07) is 12.0. The molecular weight excluding hydrogens is 308 g/mol. The van der Waals surface area contributed by atoms with Crippen LogP contribution in [0.15, 0.2) is 42.5 Å². The highest BCUT2D eigenvalue weighted by Crippen LogP contribution is 2.25. The third kappa shape index (κ3) is 4.10. The first-order chi connectivity index (χ1) is 11.4. The minimum absolute atomic E-state index is 0.0274. The molecule has 1 atom stereocenters. The van der Waals surface area contributed by atoms with Crippen molar-refractivity contribution in [1.82, 2.24) is 0 Å². The van der Waals surface area contributed by atoms with Crippen molar-refractivity contribution in [2.75, 3.05) is 5.32 Å². The molecule has 0 radical (unpaired) electrons. The summed E-state index contributed by atoms with van der Waals surface area (Å²) >= 11 is 0. The molecule has 6 heteroatoms. The van der Waals surface area contributed by atoms with E-state index < -0.39 is 11.0 Å². The van der Waals surface area contributed by atoms with E-state index in [4.69, 9.17) is 4.74 Å². The lowest BCUT2D eigenvalue weighted by atomic mass is 10.1. The smallest absolute Gasteiger partial charge is 0.274 e. The Bertz CT molecular complexity index is 758. The third-order valence-electron chi connectivity index (χ3n) is 3.69. The monoisotopic (exact) mass is 328 g/mol. The quantitative estimate of drug-likeness (QED) is 0.641. The predicted octanol–water partition coefficient (Wildman–Crippen LogP) is 4.01. The molecule has 6 nitrogen and oxygen atoms in total. The van der Waals surface area contributed by atoms with Crippen molar-refractivity contribution in [3.63, 3.8) is 0 Å². The minimum Gasteiger partial charge on any atom is -0.481 e. The molecule has 24 heavy (non-hydrogen) atoms. The Labute approximate surface area is 140 Å². The van der Waals surface area contributed by atoms with Gasteiger partial charge in [0.1, 0.15) is 5.75 Å². The summed E-state index contributed by atoms with van der Waals surface area (Å²) in [4.78, 5) is 23.0. The van der Waals surface area contributed by atoms with Crippen molar-refractivity contribution in [2.24, 2.45) is 0 Å². The number of carbonyl (C=O) groups excluding carboxylic acids is 1. The summed E-state index contributed by atoms with van der Waals surface area (Å²) < 4.78 is 5.75. The zero-order chi connectivity index (χ0) is 17.7. The molecule has 0 aliphatic heterocycles. The number of hydrogen-bond acceptors (Lipinski definition) is 4. The second kappa shape index (κ2) is 7.59. The molecule has 1 amide bonds. The molecule has 0 unspecified atom stereocenters. The van der Waals surface area contributed by atoms with E-state index in [0.717, 1.165) is 5.56 Å². The number of carbonyl (C=O) groups is 1. The molecule has 2 aromatic rings. The van der Waals surface area contributed by atoms with Crippen LogP contribution in [-0.2, 0) is 4.79 Å². The normalized spacial score (nSPS) is 11.6. The molecule has 0 aliphatic carbocycles. The Morgan fingerprint density at radius 3 is 2.58 bits per heavy atom. The molecule has 0 fully saturated rings. The van der Waals surface area contributed by atoms with E-state index >= 15 is 0 Å². The first kappa shape index (κ1) is 17.5. The van der Waals surface area contributed by atoms with Crippen LogP contribution in [0.25, 0.3) is 0 Å². The van der Waals surface area contributed by atoms with Gasteiger partial charge in [-0.25, -0.2) is 0 Å². The van der Waals surface area contributed by atoms with Crippen LogP contribution in [0.4, 0.5) is 11.4 Å². The molecule has 0 saturated heterocycles. The van der Waals surface area contributed by atoms with Crippen molar-refractivity contribution >= 4 is 17.3 Å². The maximum Gasteiger partial charge on any atom is 0.274 e. The third-order valence-corrected chi connectivity index (χ3v) is 3.69. The summed E-state index contributed by atoms with van der Waals surface area (Å²) in [5.74, 6) is 0.287. The van der Waals surface area contributed by atoms with Crippen LogP contribution in [0.3, 0.4) is 0 Å². The van der Waals surface area contributed by atoms with Gasteiger partial charge < -0.3 is 10.1 Å². The van der Waals surface area contributed by atoms with Gasteiger partial charge in [-0.1, -0.05) is 25.1 Å². The Kier molecular flexibility index (Phi) is 5.52. The Morgan fingerprint density at radius 1 is 1.25 bits per heavy atom. The fourth-order valence-electron chi connectivity index (χ4n) is 2.35. The lowest BCUT2D eigenvalue weighted by Gasteiger charge is -2.18. The second-order valence-electron chi connectivity index (χ2n) is 5.53. The van der Waals surface area contributed by atoms with Crippen molar-refractivity contribution in [3.8, 4) is 5.75 Å². The highest BCUT2D eigenvalue weighted by Gasteiger charge is 2.21. The van der Waals surface area contributed by atoms with Gasteiger partial charge in [-0.3, -0.25) is 14.9 Å². The number of nitrogens with zero attached hydrogens (tertiary/aromatic N) is 1. The summed E-state index contributed by atoms with van der Waals surface area (Å²) in [7, 11) is 0. The largest absolute Gasteiger partial charge is 0.481 e. The molecule has 0 heterocycles. The fourth-order valence-corrected chi connectivity index (χ4v) is 2.35. The lowest BCUT2D eigenvalue weighted by Crippen LogP contribution is -2.32. The lowest BCUT2D eigenvalue weighted by molar-refractivity contribution is -0.385. The first-order valence-corrected chi connectivity index (χ1v) is 7.70. The van der Waals surface area contributed by atoms with Crippen LogP contribution in [0.1, 0.15) is 24.5 Å². The highest BCUT2D eigenvalue weighted by molar-refractivity contribution is 5.95. The van der Waals surface area contributed by atoms with Gasteiger partial charge in [-0.2, -0.15) is 0 Å². The number of nitrogens with one attached hydrogen (secondary N) is 1. The molecule has 2 rings (SSSR count). The molecule has 1 N–H and O–H groups in total. The SMILES string of the molecule is CC[C@@H](Oc1cccc(C)c1)C(=O)Nc1cccc([N+](=O)[O-])c1C. The van der Waals surface area contributed by atoms with Crippen LogP contribution < -0.4 is 10.1 Å². The first-order valence-electron chi connectivity index (χ1n) is 7.70. The molecule has 0 spiro atoms. The van der Waals surface area contributed by atoms with Crippen molar-refractivity contribution in [3.05, 3.63) is 63.7 Å². The fraction of sp³-hybridized carbons (Fsp3) is 0.278. The van der Waals surface area contributed by atoms with Gasteiger partial charge in [0.2, 0.25) is 0 Å². The standard InChI is InChI=1S/C18H20N2O4/c1-4-17(24-14-8-5-7-12(2)11-14)18(21)19-15-9-6-10-16(13(15)3)20(22)23/h5-11,17H,4H2,1-3H3,(H,19,21)/t17-/m1/s1. The maximum atomic E-state index is 12.5. The zero-order valence-corrected chi connectivity index (χ0v) is 13.9. The van der Waals surface area contributed by atoms with E-state index in [1.807, 2.05) is 32.0 Å². The Balaban J connectivity index is 2.15. The topological polar surface area (TPSA) is 81.5 Å². The number of nitro benzene ring substituents is 1. The van der Waals surface area contributed by atoms with Crippen LogP contribution in [0.5, 0.6) is 5.75 Å². The van der Waals surface area contributed by atoms with Gasteiger partial charge in [0.05, 0.1) is 16.2 Å². The van der Waals surface area contributed by atoms with Crippen molar-refractivity contribution < 1.29 is 14.5 Å². The Morgan fingerprint density at radius 2 is 1.96 bits per heavy atom. The van der Waals surface area contributed by atoms with Crippen molar-refractivity contribution in [2.45, 2.75) is 33.3 Å². The van der Waals surface area contributed by atoms with Gasteiger partial charge in [-0.15, -0.1) is 0 Å². The zero-order valence-electron chi connectivity index (χ0n) is 13.9. The van der Waals surface area contributed by atoms with Crippen LogP contribution in [-0.4, -0.2) is 16.9 Å². The highest BCUT2D eigenvalue weighted by atomic mass is 16.6. The van der Waals surface area contributed by atoms with Gasteiger partial charge in [-0.05, 0) is 44.0 Å². The summed E-state index contributed by atoms with van der Waals surface area (Å²) in [5, 5.41) is 13.7. The van der Waals surface area contributed by atoms with E-state index in [0.29, 0.717) is 23.4 Å². The number of anilines is 1. The minimum atomic E-state index is -0.675. The van der Waals surface area contributed by atoms with Gasteiger partial charge in [0, 0.05) is 6.07 Å². The summed E-state index contributed by atoms with van der Waals surface area (Å²) in [6.07, 6.45) is -0.196. The van der Waals surface area contributed by atoms with E-state index in [2.05, 4.69) is 5.32 Å². The molecule has 2 aromatic carbocycles. The number of amides is 1. The van der Waals surface area contributed by atoms with E-state index in [1.54, 1.807) is 25.1 Å². The van der Waals surface area contributed by atoms with E-state index in [1.165, 1.54) is 6.07 Å². The number of aryl methyl sites for hydroxylation is 1. The predicted molar refractivity (Wildman–Crippen MR) is 92.3 cm³/mol. The molecule has 126 valence electrons. The van der Waals surface area contributed by atoms with Gasteiger partial charge in [0.25, 0.3) is 11.6 Å². The van der Waals surface area contributed by atoms with E-state index in [-0.39, 0.29) is 11.6 Å². The summed E-state index contributed by atoms with van der Waals surface area (Å²) in [5.41, 5.74) is 1.85. The second-order valence-corrected chi connectivity index (χ2v) is 5.53. The molecule has 0 aromatic heterocycles. The average molecular weight is 328 g/mol. The molecular formula is C18H20N2O4. The van der Waals surface area contributed by atoms with Crippen LogP contribution >= 0.6 is 0 Å². The number of hydrogen-bond donors (Lipinski definition) is 1. The number of nitro groups is 1. The average Bonchev–Trinajstić information content (AvgIpc) is 2.54. The molecule has 0 bridgehead atoms. The van der Waals surface area contributed by atoms with Gasteiger partial charge in [0.15, 0.2) is 6.10 Å². The van der Waals surface area contributed by atoms with Crippen LogP contribution in [0.2, 0.25) is 0 Å². The van der Waals surface area contributed by atoms with Crippen molar-refractivity contribution in [1.29, 1.82) is 0 Å². The number of benzene rings is 2. The Hall–Kier alpha value is -2.89. The number of rotatable bonds is 6. The van der Waals surface area contributed by atoms with E-state index in [9.17, 15) is 14.9 Å². The number of ether oxygens (including phenoxy) is 1. The maximum absolute atomic E-state index is 12.5. The van der Waals surface area contributed by atoms with Gasteiger partial charge >= 0.3 is 0 Å². The van der Waals surface area contributed by atoms with Crippen LogP contribution in [0, 0.1) is 24.0 Å². The summed E-state index contributed by atoms with van der Waals surface area (Å²) in [6.45, 7) is 5.40. The molecule has 0 aliphatic rings.